The van der Waals surface area contributed by atoms with Crippen LogP contribution in [-0.4, -0.2) is 17.8 Å². The number of nitrogens with one attached hydrogen (secondary N) is 1. The summed E-state index contributed by atoms with van der Waals surface area (Å²) in [5, 5.41) is 12.6. The number of hydrogen-bond donors (Lipinski definition) is 2. The minimum absolute atomic E-state index is 0.284. The van der Waals surface area contributed by atoms with Gasteiger partial charge in [-0.2, -0.15) is 0 Å². The second-order valence-electron chi connectivity index (χ2n) is 4.01. The first-order valence-corrected chi connectivity index (χ1v) is 5.70. The molecule has 0 saturated carbocycles. The Morgan fingerprint density at radius 3 is 2.47 bits per heavy atom. The summed E-state index contributed by atoms with van der Waals surface area (Å²) in [4.78, 5) is 0. The van der Waals surface area contributed by atoms with E-state index in [2.05, 4.69) is 36.5 Å². The maximum Gasteiger partial charge on any atom is 0.0636 e. The van der Waals surface area contributed by atoms with Gasteiger partial charge in [-0.05, 0) is 18.9 Å². The molecule has 2 unspecified atom stereocenters. The van der Waals surface area contributed by atoms with Gasteiger partial charge in [0.15, 0.2) is 0 Å². The highest BCUT2D eigenvalue weighted by Gasteiger charge is 2.09. The Bertz CT molecular complexity index is 258. The van der Waals surface area contributed by atoms with Gasteiger partial charge in [-0.15, -0.1) is 0 Å². The topological polar surface area (TPSA) is 32.3 Å². The van der Waals surface area contributed by atoms with Gasteiger partial charge in [0.05, 0.1) is 6.10 Å². The molecule has 0 heterocycles. The normalized spacial score (nSPS) is 14.9. The average molecular weight is 207 g/mol. The van der Waals surface area contributed by atoms with Gasteiger partial charge >= 0.3 is 0 Å². The number of hydrogen-bond acceptors (Lipinski definition) is 2. The van der Waals surface area contributed by atoms with Crippen molar-refractivity contribution in [1.29, 1.82) is 0 Å². The molecule has 0 aromatic heterocycles. The fourth-order valence-electron chi connectivity index (χ4n) is 1.67. The lowest BCUT2D eigenvalue weighted by molar-refractivity contribution is 0.185. The number of aliphatic hydroxyl groups is 1. The van der Waals surface area contributed by atoms with Crippen LogP contribution in [-0.2, 0) is 0 Å². The Morgan fingerprint density at radius 1 is 1.27 bits per heavy atom. The molecule has 1 aromatic carbocycles. The van der Waals surface area contributed by atoms with Crippen molar-refractivity contribution in [3.63, 3.8) is 0 Å². The van der Waals surface area contributed by atoms with Crippen molar-refractivity contribution in [3.8, 4) is 0 Å². The Morgan fingerprint density at radius 2 is 1.93 bits per heavy atom. The second kappa shape index (κ2) is 6.59. The summed E-state index contributed by atoms with van der Waals surface area (Å²) in [6, 6.07) is 10.8. The minimum Gasteiger partial charge on any atom is -0.392 e. The minimum atomic E-state index is -0.284. The third-order valence-electron chi connectivity index (χ3n) is 2.44. The molecule has 0 bridgehead atoms. The molecule has 1 rings (SSSR count). The van der Waals surface area contributed by atoms with E-state index in [1.807, 2.05) is 6.07 Å². The van der Waals surface area contributed by atoms with E-state index >= 15 is 0 Å². The molecule has 0 spiro atoms. The van der Waals surface area contributed by atoms with Crippen LogP contribution in [0.1, 0.15) is 38.3 Å². The molecule has 2 N–H and O–H groups in total. The molecule has 0 amide bonds. The van der Waals surface area contributed by atoms with E-state index in [9.17, 15) is 5.11 Å². The maximum atomic E-state index is 9.25. The zero-order valence-corrected chi connectivity index (χ0v) is 9.61. The van der Waals surface area contributed by atoms with E-state index in [-0.39, 0.29) is 6.10 Å². The standard InChI is InChI=1S/C13H21NO/c1-3-7-13(14-10-11(2)15)12-8-5-4-6-9-12/h4-6,8-9,11,13-15H,3,7,10H2,1-2H3. The molecule has 2 heteroatoms. The van der Waals surface area contributed by atoms with Crippen molar-refractivity contribution in [2.75, 3.05) is 6.54 Å². The first-order valence-electron chi connectivity index (χ1n) is 5.70. The zero-order chi connectivity index (χ0) is 11.1. The van der Waals surface area contributed by atoms with E-state index in [4.69, 9.17) is 0 Å². The summed E-state index contributed by atoms with van der Waals surface area (Å²) >= 11 is 0. The highest BCUT2D eigenvalue weighted by atomic mass is 16.3. The molecular weight excluding hydrogens is 186 g/mol. The summed E-state index contributed by atoms with van der Waals surface area (Å²) < 4.78 is 0. The predicted octanol–water partition coefficient (Wildman–Crippen LogP) is 2.50. The van der Waals surface area contributed by atoms with Gasteiger partial charge < -0.3 is 10.4 Å². The smallest absolute Gasteiger partial charge is 0.0636 e. The summed E-state index contributed by atoms with van der Waals surface area (Å²) in [5.74, 6) is 0. The van der Waals surface area contributed by atoms with Crippen molar-refractivity contribution < 1.29 is 5.11 Å². The fraction of sp³-hybridized carbons (Fsp3) is 0.538. The van der Waals surface area contributed by atoms with Crippen LogP contribution in [0.3, 0.4) is 0 Å². The molecule has 2 nitrogen and oxygen atoms in total. The molecule has 0 saturated heterocycles. The number of benzene rings is 1. The summed E-state index contributed by atoms with van der Waals surface area (Å²) in [5.41, 5.74) is 1.31. The molecular formula is C13H21NO. The highest BCUT2D eigenvalue weighted by molar-refractivity contribution is 5.18. The maximum absolute atomic E-state index is 9.25. The molecule has 0 aliphatic carbocycles. The van der Waals surface area contributed by atoms with E-state index < -0.39 is 0 Å². The van der Waals surface area contributed by atoms with Crippen molar-refractivity contribution in [1.82, 2.24) is 5.32 Å². The SMILES string of the molecule is CCCC(NCC(C)O)c1ccccc1. The summed E-state index contributed by atoms with van der Waals surface area (Å²) in [6.45, 7) is 4.64. The second-order valence-corrected chi connectivity index (χ2v) is 4.01. The van der Waals surface area contributed by atoms with E-state index in [1.54, 1.807) is 6.92 Å². The van der Waals surface area contributed by atoms with E-state index in [1.165, 1.54) is 5.56 Å². The lowest BCUT2D eigenvalue weighted by Gasteiger charge is -2.19. The van der Waals surface area contributed by atoms with Crippen LogP contribution in [0.4, 0.5) is 0 Å². The molecule has 0 radical (unpaired) electrons. The van der Waals surface area contributed by atoms with Crippen LogP contribution in [0.5, 0.6) is 0 Å². The fourth-order valence-corrected chi connectivity index (χ4v) is 1.67. The van der Waals surface area contributed by atoms with Gasteiger partial charge in [-0.3, -0.25) is 0 Å². The molecule has 0 aliphatic heterocycles. The molecule has 0 fully saturated rings. The number of aliphatic hydroxyl groups excluding tert-OH is 1. The van der Waals surface area contributed by atoms with Crippen LogP contribution < -0.4 is 5.32 Å². The predicted molar refractivity (Wildman–Crippen MR) is 63.8 cm³/mol. The van der Waals surface area contributed by atoms with Gasteiger partial charge in [0, 0.05) is 12.6 Å². The molecule has 0 aliphatic rings. The third-order valence-corrected chi connectivity index (χ3v) is 2.44. The average Bonchev–Trinajstić information content (AvgIpc) is 2.25. The van der Waals surface area contributed by atoms with E-state index in [0.29, 0.717) is 12.6 Å². The lowest BCUT2D eigenvalue weighted by atomic mass is 10.0. The van der Waals surface area contributed by atoms with Crippen molar-refractivity contribution in [2.45, 2.75) is 38.8 Å². The third kappa shape index (κ3) is 4.45. The first kappa shape index (κ1) is 12.2. The monoisotopic (exact) mass is 207 g/mol. The van der Waals surface area contributed by atoms with Crippen LogP contribution in [0, 0.1) is 0 Å². The van der Waals surface area contributed by atoms with Gasteiger partial charge in [0.25, 0.3) is 0 Å². The Balaban J connectivity index is 2.57. The molecule has 2 atom stereocenters. The molecule has 84 valence electrons. The van der Waals surface area contributed by atoms with E-state index in [0.717, 1.165) is 12.8 Å². The van der Waals surface area contributed by atoms with Crippen molar-refractivity contribution >= 4 is 0 Å². The first-order chi connectivity index (χ1) is 7.24. The summed E-state index contributed by atoms with van der Waals surface area (Å²) in [7, 11) is 0. The molecule has 15 heavy (non-hydrogen) atoms. The number of rotatable bonds is 6. The van der Waals surface area contributed by atoms with Crippen molar-refractivity contribution in [2.24, 2.45) is 0 Å². The van der Waals surface area contributed by atoms with Crippen LogP contribution in [0.2, 0.25) is 0 Å². The van der Waals surface area contributed by atoms with Gasteiger partial charge in [-0.1, -0.05) is 43.7 Å². The highest BCUT2D eigenvalue weighted by Crippen LogP contribution is 2.17. The molecule has 1 aromatic rings. The van der Waals surface area contributed by atoms with Crippen LogP contribution >= 0.6 is 0 Å². The zero-order valence-electron chi connectivity index (χ0n) is 9.61. The van der Waals surface area contributed by atoms with Crippen LogP contribution in [0.15, 0.2) is 30.3 Å². The van der Waals surface area contributed by atoms with Crippen molar-refractivity contribution in [3.05, 3.63) is 35.9 Å². The largest absolute Gasteiger partial charge is 0.392 e. The van der Waals surface area contributed by atoms with Crippen LogP contribution in [0.25, 0.3) is 0 Å². The lowest BCUT2D eigenvalue weighted by Crippen LogP contribution is -2.28. The quantitative estimate of drug-likeness (QED) is 0.751. The Hall–Kier alpha value is -0.860. The van der Waals surface area contributed by atoms with Gasteiger partial charge in [0.1, 0.15) is 0 Å². The Kier molecular flexibility index (Phi) is 5.37. The van der Waals surface area contributed by atoms with Gasteiger partial charge in [0.2, 0.25) is 0 Å². The Labute approximate surface area is 92.3 Å². The summed E-state index contributed by atoms with van der Waals surface area (Å²) in [6.07, 6.45) is 1.97. The van der Waals surface area contributed by atoms with Gasteiger partial charge in [-0.25, -0.2) is 0 Å².